The van der Waals surface area contributed by atoms with Crippen LogP contribution < -0.4 is 0 Å². The number of imidazole rings is 1. The van der Waals surface area contributed by atoms with E-state index in [1.165, 1.54) is 31.2 Å². The fourth-order valence-electron chi connectivity index (χ4n) is 3.93. The van der Waals surface area contributed by atoms with Gasteiger partial charge in [0.2, 0.25) is 0 Å². The normalized spacial score (nSPS) is 21.2. The lowest BCUT2D eigenvalue weighted by atomic mass is 9.77. The second-order valence-electron chi connectivity index (χ2n) is 7.00. The minimum atomic E-state index is 0.692. The van der Waals surface area contributed by atoms with Gasteiger partial charge < -0.3 is 4.98 Å². The molecule has 1 aliphatic carbocycles. The maximum atomic E-state index is 6.05. The number of nitrogens with one attached hydrogen (secondary N) is 1. The van der Waals surface area contributed by atoms with Crippen molar-refractivity contribution < 1.29 is 0 Å². The lowest BCUT2D eigenvalue weighted by molar-refractivity contribution is 0.321. The summed E-state index contributed by atoms with van der Waals surface area (Å²) in [5, 5.41) is 0.755. The monoisotopic (exact) mass is 339 g/mol. The van der Waals surface area contributed by atoms with Gasteiger partial charge in [-0.3, -0.25) is 4.98 Å². The zero-order valence-electron chi connectivity index (χ0n) is 13.9. The van der Waals surface area contributed by atoms with Crippen LogP contribution in [0.5, 0.6) is 0 Å². The van der Waals surface area contributed by atoms with E-state index in [9.17, 15) is 0 Å². The number of aromatic nitrogens is 3. The third-order valence-corrected chi connectivity index (χ3v) is 5.45. The summed E-state index contributed by atoms with van der Waals surface area (Å²) >= 11 is 6.05. The molecule has 0 atom stereocenters. The van der Waals surface area contributed by atoms with Crippen molar-refractivity contribution in [2.45, 2.75) is 44.9 Å². The maximum Gasteiger partial charge on any atom is 0.107 e. The summed E-state index contributed by atoms with van der Waals surface area (Å²) in [6.45, 7) is 2.07. The summed E-state index contributed by atoms with van der Waals surface area (Å²) in [7, 11) is 0. The minimum Gasteiger partial charge on any atom is -0.342 e. The minimum absolute atomic E-state index is 0.692. The van der Waals surface area contributed by atoms with E-state index in [2.05, 4.69) is 29.0 Å². The zero-order chi connectivity index (χ0) is 16.5. The Balaban J connectivity index is 1.40. The van der Waals surface area contributed by atoms with Gasteiger partial charge in [-0.1, -0.05) is 11.6 Å². The molecule has 0 bridgehead atoms. The van der Waals surface area contributed by atoms with E-state index in [0.29, 0.717) is 5.92 Å². The van der Waals surface area contributed by atoms with E-state index in [4.69, 9.17) is 16.6 Å². The molecular formula is C20H22ClN3. The molecule has 124 valence electrons. The third-order valence-electron chi connectivity index (χ3n) is 5.21. The molecule has 0 unspecified atom stereocenters. The first-order valence-electron chi connectivity index (χ1n) is 8.74. The van der Waals surface area contributed by atoms with Gasteiger partial charge in [-0.05, 0) is 80.3 Å². The van der Waals surface area contributed by atoms with Crippen molar-refractivity contribution in [2.24, 2.45) is 5.92 Å². The Morgan fingerprint density at radius 1 is 1.12 bits per heavy atom. The standard InChI is InChI=1S/C20H22ClN3/c1-13-10-16(8-9-22-13)15-4-2-14(3-5-15)11-20-23-18-7-6-17(21)12-19(18)24-20/h6-10,12,14-15H,2-5,11H2,1H3,(H,23,24). The van der Waals surface area contributed by atoms with Crippen molar-refractivity contribution in [3.63, 3.8) is 0 Å². The predicted molar refractivity (Wildman–Crippen MR) is 98.5 cm³/mol. The van der Waals surface area contributed by atoms with Crippen molar-refractivity contribution in [1.82, 2.24) is 15.0 Å². The van der Waals surface area contributed by atoms with E-state index >= 15 is 0 Å². The van der Waals surface area contributed by atoms with Gasteiger partial charge in [0.25, 0.3) is 0 Å². The molecule has 2 aromatic heterocycles. The fraction of sp³-hybridized carbons (Fsp3) is 0.400. The Morgan fingerprint density at radius 3 is 2.75 bits per heavy atom. The van der Waals surface area contributed by atoms with E-state index in [1.54, 1.807) is 0 Å². The van der Waals surface area contributed by atoms with Crippen LogP contribution in [0.25, 0.3) is 11.0 Å². The Morgan fingerprint density at radius 2 is 1.96 bits per heavy atom. The van der Waals surface area contributed by atoms with Gasteiger partial charge in [-0.15, -0.1) is 0 Å². The maximum absolute atomic E-state index is 6.05. The highest BCUT2D eigenvalue weighted by molar-refractivity contribution is 6.31. The Labute approximate surface area is 147 Å². The molecule has 0 radical (unpaired) electrons. The van der Waals surface area contributed by atoms with Crippen molar-refractivity contribution in [3.05, 3.63) is 58.6 Å². The van der Waals surface area contributed by atoms with Crippen LogP contribution in [-0.4, -0.2) is 15.0 Å². The van der Waals surface area contributed by atoms with Gasteiger partial charge in [0.15, 0.2) is 0 Å². The second-order valence-corrected chi connectivity index (χ2v) is 7.43. The molecule has 1 saturated carbocycles. The average Bonchev–Trinajstić information content (AvgIpc) is 2.97. The number of benzene rings is 1. The number of aromatic amines is 1. The molecule has 0 amide bonds. The van der Waals surface area contributed by atoms with Crippen molar-refractivity contribution in [2.75, 3.05) is 0 Å². The van der Waals surface area contributed by atoms with Crippen molar-refractivity contribution in [3.8, 4) is 0 Å². The smallest absolute Gasteiger partial charge is 0.107 e. The number of hydrogen-bond acceptors (Lipinski definition) is 2. The average molecular weight is 340 g/mol. The van der Waals surface area contributed by atoms with Gasteiger partial charge >= 0.3 is 0 Å². The highest BCUT2D eigenvalue weighted by atomic mass is 35.5. The number of pyridine rings is 1. The van der Waals surface area contributed by atoms with Gasteiger partial charge in [0.05, 0.1) is 11.0 Å². The molecule has 4 heteroatoms. The lowest BCUT2D eigenvalue weighted by Gasteiger charge is -2.28. The number of H-pyrrole nitrogens is 1. The van der Waals surface area contributed by atoms with Crippen LogP contribution in [0, 0.1) is 12.8 Å². The topological polar surface area (TPSA) is 41.6 Å². The molecule has 1 N–H and O–H groups in total. The molecule has 24 heavy (non-hydrogen) atoms. The summed E-state index contributed by atoms with van der Waals surface area (Å²) in [4.78, 5) is 12.5. The lowest BCUT2D eigenvalue weighted by Crippen LogP contribution is -2.16. The summed E-state index contributed by atoms with van der Waals surface area (Å²) in [5.74, 6) is 2.51. The molecule has 0 spiro atoms. The molecule has 0 aliphatic heterocycles. The van der Waals surface area contributed by atoms with Crippen LogP contribution in [0.15, 0.2) is 36.5 Å². The van der Waals surface area contributed by atoms with Crippen LogP contribution in [0.1, 0.15) is 48.7 Å². The quantitative estimate of drug-likeness (QED) is 0.690. The van der Waals surface area contributed by atoms with Crippen LogP contribution >= 0.6 is 11.6 Å². The summed E-state index contributed by atoms with van der Waals surface area (Å²) in [6, 6.07) is 10.3. The van der Waals surface area contributed by atoms with E-state index < -0.39 is 0 Å². The first kappa shape index (κ1) is 15.6. The van der Waals surface area contributed by atoms with Gasteiger partial charge in [-0.2, -0.15) is 0 Å². The number of rotatable bonds is 3. The Bertz CT molecular complexity index is 847. The number of halogens is 1. The van der Waals surface area contributed by atoms with Crippen LogP contribution in [0.3, 0.4) is 0 Å². The molecular weight excluding hydrogens is 318 g/mol. The summed E-state index contributed by atoms with van der Waals surface area (Å²) < 4.78 is 0. The van der Waals surface area contributed by atoms with Crippen LogP contribution in [-0.2, 0) is 6.42 Å². The van der Waals surface area contributed by atoms with Gasteiger partial charge in [-0.25, -0.2) is 4.98 Å². The van der Waals surface area contributed by atoms with Crippen molar-refractivity contribution in [1.29, 1.82) is 0 Å². The number of fused-ring (bicyclic) bond motifs is 1. The largest absolute Gasteiger partial charge is 0.342 e. The van der Waals surface area contributed by atoms with Gasteiger partial charge in [0, 0.05) is 23.3 Å². The highest BCUT2D eigenvalue weighted by Gasteiger charge is 2.23. The second kappa shape index (κ2) is 6.56. The fourth-order valence-corrected chi connectivity index (χ4v) is 4.10. The third kappa shape index (κ3) is 3.32. The number of aryl methyl sites for hydroxylation is 1. The Hall–Kier alpha value is -1.87. The zero-order valence-corrected chi connectivity index (χ0v) is 14.7. The molecule has 0 saturated heterocycles. The SMILES string of the molecule is Cc1cc(C2CCC(Cc3nc4ccc(Cl)cc4[nH]3)CC2)ccn1. The van der Waals surface area contributed by atoms with Crippen molar-refractivity contribution >= 4 is 22.6 Å². The molecule has 4 rings (SSSR count). The molecule has 1 aromatic carbocycles. The molecule has 3 nitrogen and oxygen atoms in total. The highest BCUT2D eigenvalue weighted by Crippen LogP contribution is 2.37. The predicted octanol–water partition coefficient (Wildman–Crippen LogP) is 5.44. The van der Waals surface area contributed by atoms with E-state index in [-0.39, 0.29) is 0 Å². The summed E-state index contributed by atoms with van der Waals surface area (Å²) in [6.07, 6.45) is 8.04. The van der Waals surface area contributed by atoms with E-state index in [0.717, 1.165) is 39.9 Å². The molecule has 1 aliphatic rings. The molecule has 2 heterocycles. The number of hydrogen-bond donors (Lipinski definition) is 1. The number of nitrogens with zero attached hydrogens (tertiary/aromatic N) is 2. The van der Waals surface area contributed by atoms with Crippen LogP contribution in [0.2, 0.25) is 5.02 Å². The van der Waals surface area contributed by atoms with E-state index in [1.807, 2.05) is 24.4 Å². The summed E-state index contributed by atoms with van der Waals surface area (Å²) in [5.41, 5.74) is 4.63. The molecule has 1 fully saturated rings. The first-order valence-corrected chi connectivity index (χ1v) is 9.12. The van der Waals surface area contributed by atoms with Gasteiger partial charge in [0.1, 0.15) is 5.82 Å². The molecule has 3 aromatic rings. The van der Waals surface area contributed by atoms with Crippen LogP contribution in [0.4, 0.5) is 0 Å². The Kier molecular flexibility index (Phi) is 4.28. The first-order chi connectivity index (χ1) is 11.7.